The molecule has 0 aliphatic rings. The number of benzene rings is 1. The lowest BCUT2D eigenvalue weighted by atomic mass is 10.2. The molecule has 0 saturated heterocycles. The summed E-state index contributed by atoms with van der Waals surface area (Å²) in [6, 6.07) is 8.10. The molecule has 0 bridgehead atoms. The van der Waals surface area contributed by atoms with Crippen LogP contribution in [-0.4, -0.2) is 4.57 Å². The quantitative estimate of drug-likeness (QED) is 0.580. The van der Waals surface area contributed by atoms with Crippen LogP contribution in [0.5, 0.6) is 0 Å². The van der Waals surface area contributed by atoms with E-state index in [1.54, 1.807) is 0 Å². The number of nitrogens with two attached hydrogens (primary N) is 1. The molecule has 0 aliphatic carbocycles. The smallest absolute Gasteiger partial charge is 0.0501 e. The highest BCUT2D eigenvalue weighted by Crippen LogP contribution is 2.18. The van der Waals surface area contributed by atoms with Crippen molar-refractivity contribution in [3.63, 3.8) is 0 Å². The average Bonchev–Trinajstić information content (AvgIpc) is 2.57. The van der Waals surface area contributed by atoms with Crippen LogP contribution in [0.15, 0.2) is 43.1 Å². The van der Waals surface area contributed by atoms with E-state index in [1.165, 1.54) is 10.9 Å². The second-order valence-corrected chi connectivity index (χ2v) is 3.40. The number of nitrogen functional groups attached to an aromatic ring is 1. The maximum Gasteiger partial charge on any atom is 0.0501 e. The second-order valence-electron chi connectivity index (χ2n) is 3.40. The summed E-state index contributed by atoms with van der Waals surface area (Å²) in [4.78, 5) is 0. The molecule has 2 rings (SSSR count). The lowest BCUT2D eigenvalue weighted by Gasteiger charge is -2.03. The molecule has 1 aromatic carbocycles. The Bertz CT molecular complexity index is 454. The third-order valence-electron chi connectivity index (χ3n) is 2.37. The molecular weight excluding hydrogens is 172 g/mol. The largest absolute Gasteiger partial charge is 0.399 e. The Kier molecular flexibility index (Phi) is 2.27. The standard InChI is InChI=1S/C12H14N2/c1-2-3-7-14-8-6-10-4-5-11(13)9-12(10)14/h2,4-6,8-9H,1,3,7,13H2. The number of hydrogen-bond acceptors (Lipinski definition) is 1. The van der Waals surface area contributed by atoms with E-state index in [0.29, 0.717) is 0 Å². The Morgan fingerprint density at radius 3 is 3.00 bits per heavy atom. The predicted molar refractivity (Wildman–Crippen MR) is 61.2 cm³/mol. The molecule has 2 nitrogen and oxygen atoms in total. The molecule has 0 atom stereocenters. The summed E-state index contributed by atoms with van der Waals surface area (Å²) in [6.45, 7) is 4.69. The third-order valence-corrected chi connectivity index (χ3v) is 2.37. The van der Waals surface area contributed by atoms with Crippen molar-refractivity contribution in [1.29, 1.82) is 0 Å². The summed E-state index contributed by atoms with van der Waals surface area (Å²) in [7, 11) is 0. The van der Waals surface area contributed by atoms with E-state index >= 15 is 0 Å². The predicted octanol–water partition coefficient (Wildman–Crippen LogP) is 2.80. The number of fused-ring (bicyclic) bond motifs is 1. The van der Waals surface area contributed by atoms with Crippen LogP contribution < -0.4 is 5.73 Å². The van der Waals surface area contributed by atoms with Gasteiger partial charge in [-0.15, -0.1) is 6.58 Å². The Balaban J connectivity index is 2.44. The first-order chi connectivity index (χ1) is 6.81. The normalized spacial score (nSPS) is 10.6. The molecule has 1 heterocycles. The SMILES string of the molecule is C=CCCn1ccc2ccc(N)cc21. The zero-order chi connectivity index (χ0) is 9.97. The Morgan fingerprint density at radius 2 is 2.21 bits per heavy atom. The van der Waals surface area contributed by atoms with Gasteiger partial charge < -0.3 is 10.3 Å². The first-order valence-electron chi connectivity index (χ1n) is 4.76. The van der Waals surface area contributed by atoms with Crippen LogP contribution in [0.4, 0.5) is 5.69 Å². The van der Waals surface area contributed by atoms with Crippen LogP contribution >= 0.6 is 0 Å². The van der Waals surface area contributed by atoms with Crippen LogP contribution in [0.25, 0.3) is 10.9 Å². The number of anilines is 1. The van der Waals surface area contributed by atoms with Gasteiger partial charge in [0.15, 0.2) is 0 Å². The average molecular weight is 186 g/mol. The van der Waals surface area contributed by atoms with Crippen LogP contribution in [0.3, 0.4) is 0 Å². The van der Waals surface area contributed by atoms with Crippen LogP contribution in [-0.2, 0) is 6.54 Å². The minimum absolute atomic E-state index is 0.816. The zero-order valence-electron chi connectivity index (χ0n) is 8.11. The van der Waals surface area contributed by atoms with Gasteiger partial charge in [-0.3, -0.25) is 0 Å². The fraction of sp³-hybridized carbons (Fsp3) is 0.167. The van der Waals surface area contributed by atoms with E-state index in [0.717, 1.165) is 18.7 Å². The highest BCUT2D eigenvalue weighted by molar-refractivity contribution is 5.83. The number of nitrogens with zero attached hydrogens (tertiary/aromatic N) is 1. The lowest BCUT2D eigenvalue weighted by Crippen LogP contribution is -1.94. The number of allylic oxidation sites excluding steroid dienone is 1. The van der Waals surface area contributed by atoms with Gasteiger partial charge in [0, 0.05) is 18.4 Å². The van der Waals surface area contributed by atoms with Crippen molar-refractivity contribution >= 4 is 16.6 Å². The molecular formula is C12H14N2. The minimum Gasteiger partial charge on any atom is -0.399 e. The Morgan fingerprint density at radius 1 is 1.36 bits per heavy atom. The van der Waals surface area contributed by atoms with Gasteiger partial charge in [0.25, 0.3) is 0 Å². The summed E-state index contributed by atoms with van der Waals surface area (Å²) in [5, 5.41) is 1.24. The molecule has 72 valence electrons. The highest BCUT2D eigenvalue weighted by Gasteiger charge is 1.99. The fourth-order valence-corrected chi connectivity index (χ4v) is 1.63. The molecule has 0 fully saturated rings. The van der Waals surface area contributed by atoms with E-state index in [1.807, 2.05) is 18.2 Å². The zero-order valence-corrected chi connectivity index (χ0v) is 8.11. The molecule has 0 unspecified atom stereocenters. The van der Waals surface area contributed by atoms with Crippen molar-refractivity contribution in [3.8, 4) is 0 Å². The highest BCUT2D eigenvalue weighted by atomic mass is 14.9. The minimum atomic E-state index is 0.816. The number of hydrogen-bond donors (Lipinski definition) is 1. The van der Waals surface area contributed by atoms with Crippen molar-refractivity contribution in [2.75, 3.05) is 5.73 Å². The van der Waals surface area contributed by atoms with Gasteiger partial charge in [-0.25, -0.2) is 0 Å². The number of rotatable bonds is 3. The summed E-state index contributed by atoms with van der Waals surface area (Å²) in [5.41, 5.74) is 7.76. The summed E-state index contributed by atoms with van der Waals surface area (Å²) in [6.07, 6.45) is 5.00. The molecule has 1 aromatic heterocycles. The summed E-state index contributed by atoms with van der Waals surface area (Å²) < 4.78 is 2.20. The van der Waals surface area contributed by atoms with Crippen molar-refractivity contribution in [3.05, 3.63) is 43.1 Å². The van der Waals surface area contributed by atoms with Gasteiger partial charge in [0.2, 0.25) is 0 Å². The van der Waals surface area contributed by atoms with Crippen LogP contribution in [0, 0.1) is 0 Å². The van der Waals surface area contributed by atoms with Crippen molar-refractivity contribution in [2.24, 2.45) is 0 Å². The maximum atomic E-state index is 5.75. The maximum absolute atomic E-state index is 5.75. The van der Waals surface area contributed by atoms with E-state index in [-0.39, 0.29) is 0 Å². The van der Waals surface area contributed by atoms with E-state index in [2.05, 4.69) is 29.5 Å². The third kappa shape index (κ3) is 1.51. The van der Waals surface area contributed by atoms with Crippen molar-refractivity contribution < 1.29 is 0 Å². The van der Waals surface area contributed by atoms with Gasteiger partial charge >= 0.3 is 0 Å². The topological polar surface area (TPSA) is 30.9 Å². The second kappa shape index (κ2) is 3.58. The van der Waals surface area contributed by atoms with Gasteiger partial charge in [0.1, 0.15) is 0 Å². The Labute approximate surface area is 83.6 Å². The van der Waals surface area contributed by atoms with E-state index < -0.39 is 0 Å². The van der Waals surface area contributed by atoms with E-state index in [9.17, 15) is 0 Å². The summed E-state index contributed by atoms with van der Waals surface area (Å²) >= 11 is 0. The van der Waals surface area contributed by atoms with Gasteiger partial charge in [0.05, 0.1) is 5.52 Å². The molecule has 0 saturated carbocycles. The van der Waals surface area contributed by atoms with E-state index in [4.69, 9.17) is 5.73 Å². The molecule has 0 amide bonds. The first-order valence-corrected chi connectivity index (χ1v) is 4.76. The van der Waals surface area contributed by atoms with Gasteiger partial charge in [-0.05, 0) is 30.0 Å². The molecule has 0 spiro atoms. The van der Waals surface area contributed by atoms with Gasteiger partial charge in [-0.1, -0.05) is 12.1 Å². The first kappa shape index (κ1) is 8.88. The number of aryl methyl sites for hydroxylation is 1. The lowest BCUT2D eigenvalue weighted by molar-refractivity contribution is 0.739. The Hall–Kier alpha value is -1.70. The molecule has 2 heteroatoms. The molecule has 2 N–H and O–H groups in total. The molecule has 14 heavy (non-hydrogen) atoms. The van der Waals surface area contributed by atoms with Crippen LogP contribution in [0.2, 0.25) is 0 Å². The fourth-order valence-electron chi connectivity index (χ4n) is 1.63. The van der Waals surface area contributed by atoms with Crippen molar-refractivity contribution in [1.82, 2.24) is 4.57 Å². The van der Waals surface area contributed by atoms with Crippen molar-refractivity contribution in [2.45, 2.75) is 13.0 Å². The van der Waals surface area contributed by atoms with Gasteiger partial charge in [-0.2, -0.15) is 0 Å². The molecule has 2 aromatic rings. The monoisotopic (exact) mass is 186 g/mol. The molecule has 0 aliphatic heterocycles. The summed E-state index contributed by atoms with van der Waals surface area (Å²) in [5.74, 6) is 0. The van der Waals surface area contributed by atoms with Crippen LogP contribution in [0.1, 0.15) is 6.42 Å². The number of aromatic nitrogens is 1. The molecule has 0 radical (unpaired) electrons.